The Labute approximate surface area is 142 Å². The molecule has 0 unspecified atom stereocenters. The lowest BCUT2D eigenvalue weighted by atomic mass is 10.0. The van der Waals surface area contributed by atoms with E-state index in [-0.39, 0.29) is 12.1 Å². The average molecular weight is 334 g/mol. The van der Waals surface area contributed by atoms with Crippen molar-refractivity contribution >= 4 is 23.5 Å². The van der Waals surface area contributed by atoms with Crippen LogP contribution >= 0.6 is 0 Å². The van der Waals surface area contributed by atoms with Crippen LogP contribution in [0.3, 0.4) is 0 Å². The number of alkyl carbamates (subject to hydrolysis) is 1. The number of nitrogens with one attached hydrogen (secondary N) is 1. The molecule has 1 aromatic rings. The number of benzene rings is 1. The van der Waals surface area contributed by atoms with Gasteiger partial charge >= 0.3 is 12.1 Å². The van der Waals surface area contributed by atoms with E-state index in [9.17, 15) is 14.7 Å². The molecule has 0 fully saturated rings. The minimum atomic E-state index is -1.02. The number of carboxylic acids is 1. The third-order valence-corrected chi connectivity index (χ3v) is 3.41. The summed E-state index contributed by atoms with van der Waals surface area (Å²) in [7, 11) is 0. The highest BCUT2D eigenvalue weighted by atomic mass is 16.6. The summed E-state index contributed by atoms with van der Waals surface area (Å²) in [4.78, 5) is 27.6. The van der Waals surface area contributed by atoms with E-state index in [2.05, 4.69) is 10.3 Å². The molecule has 0 saturated carbocycles. The topological polar surface area (TPSA) is 88.0 Å². The lowest BCUT2D eigenvalue weighted by Gasteiger charge is -2.20. The van der Waals surface area contributed by atoms with Crippen molar-refractivity contribution in [3.8, 4) is 0 Å². The Morgan fingerprint density at radius 2 is 1.92 bits per heavy atom. The number of carbonyl (C=O) groups excluding carboxylic acids is 1. The molecule has 0 saturated heterocycles. The zero-order valence-corrected chi connectivity index (χ0v) is 15.2. The van der Waals surface area contributed by atoms with Crippen LogP contribution in [-0.2, 0) is 11.3 Å². The van der Waals surface area contributed by atoms with Crippen LogP contribution in [0.15, 0.2) is 17.1 Å². The van der Waals surface area contributed by atoms with Crippen molar-refractivity contribution in [2.24, 2.45) is 4.99 Å². The number of hydrogen-bond acceptors (Lipinski definition) is 4. The van der Waals surface area contributed by atoms with E-state index in [1.807, 2.05) is 13.8 Å². The summed E-state index contributed by atoms with van der Waals surface area (Å²) >= 11 is 0. The Morgan fingerprint density at radius 1 is 1.29 bits per heavy atom. The largest absolute Gasteiger partial charge is 0.478 e. The summed E-state index contributed by atoms with van der Waals surface area (Å²) in [5, 5.41) is 12.0. The number of nitrogens with zero attached hydrogens (tertiary/aromatic N) is 1. The van der Waals surface area contributed by atoms with Crippen molar-refractivity contribution < 1.29 is 19.4 Å². The van der Waals surface area contributed by atoms with Crippen molar-refractivity contribution in [2.75, 3.05) is 0 Å². The predicted octanol–water partition coefficient (Wildman–Crippen LogP) is 4.22. The fraction of sp³-hybridized carbons (Fsp3) is 0.500. The highest BCUT2D eigenvalue weighted by Gasteiger charge is 2.18. The lowest BCUT2D eigenvalue weighted by Crippen LogP contribution is -2.32. The second-order valence-electron chi connectivity index (χ2n) is 6.61. The molecule has 0 heterocycles. The zero-order chi connectivity index (χ0) is 18.5. The molecule has 1 rings (SSSR count). The maximum absolute atomic E-state index is 11.8. The minimum absolute atomic E-state index is 0.154. The fourth-order valence-corrected chi connectivity index (χ4v) is 2.00. The van der Waals surface area contributed by atoms with Crippen LogP contribution < -0.4 is 5.32 Å². The molecule has 132 valence electrons. The summed E-state index contributed by atoms with van der Waals surface area (Å²) in [6.07, 6.45) is 0.220. The summed E-state index contributed by atoms with van der Waals surface area (Å²) in [6.45, 7) is 11.2. The number of ether oxygens (including phenoxy) is 1. The number of rotatable bonds is 5. The number of aromatic carboxylic acids is 1. The van der Waals surface area contributed by atoms with Crippen LogP contribution in [-0.4, -0.2) is 28.5 Å². The van der Waals surface area contributed by atoms with E-state index in [1.165, 1.54) is 6.07 Å². The molecular weight excluding hydrogens is 308 g/mol. The van der Waals surface area contributed by atoms with Crippen molar-refractivity contribution in [2.45, 2.75) is 60.1 Å². The van der Waals surface area contributed by atoms with Gasteiger partial charge in [-0.05, 0) is 58.2 Å². The molecular formula is C18H26N2O4. The molecule has 6 nitrogen and oxygen atoms in total. The van der Waals surface area contributed by atoms with Crippen LogP contribution in [0.5, 0.6) is 0 Å². The maximum Gasteiger partial charge on any atom is 0.407 e. The Kier molecular flexibility index (Phi) is 6.51. The third-order valence-electron chi connectivity index (χ3n) is 3.41. The van der Waals surface area contributed by atoms with Gasteiger partial charge in [0.2, 0.25) is 0 Å². The molecule has 6 heteroatoms. The summed E-state index contributed by atoms with van der Waals surface area (Å²) in [6, 6.07) is 3.21. The normalized spacial score (nSPS) is 12.0. The van der Waals surface area contributed by atoms with E-state index < -0.39 is 17.7 Å². The Hall–Kier alpha value is -2.37. The second kappa shape index (κ2) is 7.95. The molecule has 0 atom stereocenters. The first-order valence-corrected chi connectivity index (χ1v) is 7.92. The Balaban J connectivity index is 3.08. The predicted molar refractivity (Wildman–Crippen MR) is 94.3 cm³/mol. The summed E-state index contributed by atoms with van der Waals surface area (Å²) in [5.74, 6) is -1.02. The first-order valence-electron chi connectivity index (χ1n) is 7.92. The van der Waals surface area contributed by atoms with Gasteiger partial charge in [0, 0.05) is 12.3 Å². The fourth-order valence-electron chi connectivity index (χ4n) is 2.00. The van der Waals surface area contributed by atoms with Gasteiger partial charge in [0.1, 0.15) is 5.60 Å². The average Bonchev–Trinajstić information content (AvgIpc) is 2.45. The van der Waals surface area contributed by atoms with Crippen molar-refractivity contribution in [3.63, 3.8) is 0 Å². The van der Waals surface area contributed by atoms with Gasteiger partial charge in [0.25, 0.3) is 0 Å². The van der Waals surface area contributed by atoms with Gasteiger partial charge in [-0.25, -0.2) is 9.59 Å². The van der Waals surface area contributed by atoms with Crippen LogP contribution in [0.4, 0.5) is 10.5 Å². The SMILES string of the molecule is CCC(C)=Nc1c(C(=O)O)ccc(CNC(=O)OC(C)(C)C)c1C. The molecule has 0 spiro atoms. The van der Waals surface area contributed by atoms with Gasteiger partial charge in [-0.2, -0.15) is 0 Å². The van der Waals surface area contributed by atoms with E-state index in [4.69, 9.17) is 4.74 Å². The number of carboxylic acid groups (broad SMARTS) is 1. The molecule has 1 amide bonds. The molecule has 2 N–H and O–H groups in total. The Morgan fingerprint density at radius 3 is 2.42 bits per heavy atom. The first kappa shape index (κ1) is 19.7. The molecule has 1 aromatic carbocycles. The van der Waals surface area contributed by atoms with Gasteiger partial charge in [-0.3, -0.25) is 4.99 Å². The molecule has 0 radical (unpaired) electrons. The number of amides is 1. The highest BCUT2D eigenvalue weighted by Crippen LogP contribution is 2.28. The molecule has 24 heavy (non-hydrogen) atoms. The number of hydrogen-bond donors (Lipinski definition) is 2. The van der Waals surface area contributed by atoms with Gasteiger partial charge in [0.15, 0.2) is 0 Å². The van der Waals surface area contributed by atoms with Gasteiger partial charge in [0.05, 0.1) is 11.3 Å². The molecule has 0 aliphatic rings. The maximum atomic E-state index is 11.8. The van der Waals surface area contributed by atoms with Gasteiger partial charge in [-0.15, -0.1) is 0 Å². The van der Waals surface area contributed by atoms with Gasteiger partial charge < -0.3 is 15.2 Å². The van der Waals surface area contributed by atoms with Crippen molar-refractivity contribution in [3.05, 3.63) is 28.8 Å². The molecule has 0 aliphatic heterocycles. The second-order valence-corrected chi connectivity index (χ2v) is 6.61. The lowest BCUT2D eigenvalue weighted by molar-refractivity contribution is 0.0522. The molecule has 0 bridgehead atoms. The van der Waals surface area contributed by atoms with Crippen LogP contribution in [0.25, 0.3) is 0 Å². The first-order chi connectivity index (χ1) is 11.0. The minimum Gasteiger partial charge on any atom is -0.478 e. The molecule has 0 aliphatic carbocycles. The van der Waals surface area contributed by atoms with E-state index in [0.29, 0.717) is 5.69 Å². The van der Waals surface area contributed by atoms with Crippen LogP contribution in [0, 0.1) is 6.92 Å². The summed E-state index contributed by atoms with van der Waals surface area (Å²) < 4.78 is 5.20. The zero-order valence-electron chi connectivity index (χ0n) is 15.2. The number of aliphatic imine (C=N–C) groups is 1. The van der Waals surface area contributed by atoms with Crippen LogP contribution in [0.2, 0.25) is 0 Å². The van der Waals surface area contributed by atoms with Crippen molar-refractivity contribution in [1.82, 2.24) is 5.32 Å². The van der Waals surface area contributed by atoms with Crippen LogP contribution in [0.1, 0.15) is 62.5 Å². The van der Waals surface area contributed by atoms with Crippen molar-refractivity contribution in [1.29, 1.82) is 0 Å². The smallest absolute Gasteiger partial charge is 0.407 e. The quantitative estimate of drug-likeness (QED) is 0.789. The monoisotopic (exact) mass is 334 g/mol. The Bertz CT molecular complexity index is 658. The van der Waals surface area contributed by atoms with Gasteiger partial charge in [-0.1, -0.05) is 13.0 Å². The highest BCUT2D eigenvalue weighted by molar-refractivity contribution is 5.97. The van der Waals surface area contributed by atoms with E-state index in [0.717, 1.165) is 23.3 Å². The standard InChI is InChI=1S/C18H26N2O4/c1-7-11(2)20-15-12(3)13(8-9-14(15)16(21)22)10-19-17(23)24-18(4,5)6/h8-9H,7,10H2,1-6H3,(H,19,23)(H,21,22). The van der Waals surface area contributed by atoms with E-state index in [1.54, 1.807) is 33.8 Å². The molecule has 0 aromatic heterocycles. The summed E-state index contributed by atoms with van der Waals surface area (Å²) in [5.41, 5.74) is 2.40. The van der Waals surface area contributed by atoms with E-state index >= 15 is 0 Å². The third kappa shape index (κ3) is 5.68. The number of carbonyl (C=O) groups is 2.